The molecule has 1 fully saturated rings. The number of hydrogen-bond acceptors (Lipinski definition) is 4. The van der Waals surface area contributed by atoms with Crippen LogP contribution in [0.5, 0.6) is 0 Å². The molecule has 0 aromatic heterocycles. The van der Waals surface area contributed by atoms with Gasteiger partial charge in [0.1, 0.15) is 0 Å². The van der Waals surface area contributed by atoms with Gasteiger partial charge >= 0.3 is 6.18 Å². The topological polar surface area (TPSA) is 67.6 Å². The summed E-state index contributed by atoms with van der Waals surface area (Å²) in [6.07, 6.45) is -5.30. The molecule has 0 bridgehead atoms. The van der Waals surface area contributed by atoms with Crippen LogP contribution in [0.1, 0.15) is 26.2 Å². The van der Waals surface area contributed by atoms with Crippen LogP contribution in [0.25, 0.3) is 0 Å². The van der Waals surface area contributed by atoms with Crippen molar-refractivity contribution in [2.24, 2.45) is 0 Å². The first-order chi connectivity index (χ1) is 9.62. The van der Waals surface area contributed by atoms with E-state index in [-0.39, 0.29) is 25.4 Å². The van der Waals surface area contributed by atoms with Gasteiger partial charge in [0.2, 0.25) is 5.91 Å². The number of halogens is 3. The summed E-state index contributed by atoms with van der Waals surface area (Å²) in [5, 5.41) is 18.1. The molecule has 0 radical (unpaired) electrons. The van der Waals surface area contributed by atoms with E-state index in [1.54, 1.807) is 18.9 Å². The summed E-state index contributed by atoms with van der Waals surface area (Å²) in [6, 6.07) is 1.37. The van der Waals surface area contributed by atoms with Crippen LogP contribution in [0.4, 0.5) is 13.2 Å². The molecule has 0 aromatic rings. The Hall–Kier alpha value is -1.33. The molecule has 1 heterocycles. The molecule has 0 saturated carbocycles. The number of carbonyl (C=O) groups is 1. The van der Waals surface area contributed by atoms with Crippen molar-refractivity contribution in [3.8, 4) is 6.07 Å². The summed E-state index contributed by atoms with van der Waals surface area (Å²) >= 11 is 0. The van der Waals surface area contributed by atoms with Crippen molar-refractivity contribution >= 4 is 5.91 Å². The number of nitrogens with zero attached hydrogens (tertiary/aromatic N) is 3. The van der Waals surface area contributed by atoms with Gasteiger partial charge in [0, 0.05) is 26.7 Å². The van der Waals surface area contributed by atoms with Gasteiger partial charge in [-0.3, -0.25) is 9.69 Å². The van der Waals surface area contributed by atoms with E-state index < -0.39 is 30.7 Å². The molecule has 8 heteroatoms. The van der Waals surface area contributed by atoms with E-state index in [1.165, 1.54) is 4.90 Å². The maximum atomic E-state index is 12.7. The van der Waals surface area contributed by atoms with Crippen molar-refractivity contribution in [1.82, 2.24) is 9.80 Å². The predicted molar refractivity (Wildman–Crippen MR) is 69.1 cm³/mol. The van der Waals surface area contributed by atoms with Gasteiger partial charge in [-0.15, -0.1) is 0 Å². The third-order valence-corrected chi connectivity index (χ3v) is 3.99. The Balaban J connectivity index is 2.58. The van der Waals surface area contributed by atoms with Crippen LogP contribution in [-0.2, 0) is 4.79 Å². The van der Waals surface area contributed by atoms with Gasteiger partial charge in [-0.1, -0.05) is 0 Å². The highest BCUT2D eigenvalue weighted by Crippen LogP contribution is 2.38. The monoisotopic (exact) mass is 307 g/mol. The Morgan fingerprint density at radius 2 is 2.00 bits per heavy atom. The summed E-state index contributed by atoms with van der Waals surface area (Å²) in [7, 11) is 1.56. The first-order valence-electron chi connectivity index (χ1n) is 6.77. The molecule has 1 rings (SSSR count). The molecular weight excluding hydrogens is 287 g/mol. The Bertz CT molecular complexity index is 412. The van der Waals surface area contributed by atoms with Crippen molar-refractivity contribution in [1.29, 1.82) is 5.26 Å². The van der Waals surface area contributed by atoms with Gasteiger partial charge in [0.05, 0.1) is 18.5 Å². The summed E-state index contributed by atoms with van der Waals surface area (Å²) in [6.45, 7) is 1.94. The van der Waals surface area contributed by atoms with Crippen LogP contribution in [0.3, 0.4) is 0 Å². The maximum Gasteiger partial charge on any atom is 0.417 e. The minimum absolute atomic E-state index is 0.00894. The number of amides is 1. The zero-order chi connectivity index (χ0) is 16.3. The lowest BCUT2D eigenvalue weighted by atomic mass is 9.90. The number of hydrogen-bond donors (Lipinski definition) is 1. The summed E-state index contributed by atoms with van der Waals surface area (Å²) < 4.78 is 38.1. The Labute approximate surface area is 121 Å². The maximum absolute atomic E-state index is 12.7. The summed E-state index contributed by atoms with van der Waals surface area (Å²) in [4.78, 5) is 15.1. The fraction of sp³-hybridized carbons (Fsp3) is 0.846. The zero-order valence-electron chi connectivity index (χ0n) is 12.2. The van der Waals surface area contributed by atoms with Crippen molar-refractivity contribution in [2.45, 2.75) is 44.0 Å². The number of piperidine rings is 1. The summed E-state index contributed by atoms with van der Waals surface area (Å²) in [5.41, 5.74) is -2.65. The van der Waals surface area contributed by atoms with E-state index in [4.69, 9.17) is 5.26 Å². The zero-order valence-corrected chi connectivity index (χ0v) is 12.2. The standard InChI is InChI=1S/C13H20F3N3O2/c1-10(11(20)18(2)7-3-6-17)19-8-4-12(21,5-9-19)13(14,15)16/h10,21H,3-5,7-9H2,1-2H3. The predicted octanol–water partition coefficient (Wildman–Crippen LogP) is 1.14. The van der Waals surface area contributed by atoms with Crippen LogP contribution in [0.15, 0.2) is 0 Å². The van der Waals surface area contributed by atoms with Crippen molar-refractivity contribution in [3.05, 3.63) is 0 Å². The fourth-order valence-electron chi connectivity index (χ4n) is 2.37. The van der Waals surface area contributed by atoms with E-state index in [1.807, 2.05) is 6.07 Å². The molecule has 21 heavy (non-hydrogen) atoms. The Morgan fingerprint density at radius 3 is 2.43 bits per heavy atom. The second kappa shape index (κ2) is 6.62. The highest BCUT2D eigenvalue weighted by Gasteiger charge is 2.54. The van der Waals surface area contributed by atoms with Crippen LogP contribution in [0, 0.1) is 11.3 Å². The minimum Gasteiger partial charge on any atom is -0.380 e. The molecule has 0 aromatic carbocycles. The Morgan fingerprint density at radius 1 is 1.48 bits per heavy atom. The van der Waals surface area contributed by atoms with Crippen LogP contribution < -0.4 is 0 Å². The van der Waals surface area contributed by atoms with Gasteiger partial charge < -0.3 is 10.0 Å². The number of likely N-dealkylation sites (N-methyl/N-ethyl adjacent to an activating group) is 1. The van der Waals surface area contributed by atoms with Crippen molar-refractivity contribution in [2.75, 3.05) is 26.7 Å². The lowest BCUT2D eigenvalue weighted by Gasteiger charge is -2.41. The van der Waals surface area contributed by atoms with Gasteiger partial charge in [0.15, 0.2) is 5.60 Å². The molecule has 1 N–H and O–H groups in total. The van der Waals surface area contributed by atoms with Crippen molar-refractivity contribution < 1.29 is 23.1 Å². The van der Waals surface area contributed by atoms with E-state index in [9.17, 15) is 23.1 Å². The lowest BCUT2D eigenvalue weighted by Crippen LogP contribution is -2.57. The molecule has 1 unspecified atom stereocenters. The average Bonchev–Trinajstić information content (AvgIpc) is 2.42. The average molecular weight is 307 g/mol. The number of alkyl halides is 3. The van der Waals surface area contributed by atoms with Gasteiger partial charge in [-0.25, -0.2) is 0 Å². The van der Waals surface area contributed by atoms with Gasteiger partial charge in [-0.05, 0) is 19.8 Å². The highest BCUT2D eigenvalue weighted by molar-refractivity contribution is 5.81. The molecule has 1 saturated heterocycles. The normalized spacial score (nSPS) is 20.6. The highest BCUT2D eigenvalue weighted by atomic mass is 19.4. The smallest absolute Gasteiger partial charge is 0.380 e. The Kier molecular flexibility index (Phi) is 5.59. The van der Waals surface area contributed by atoms with E-state index in [2.05, 4.69) is 0 Å². The molecule has 0 aliphatic carbocycles. The van der Waals surface area contributed by atoms with Crippen molar-refractivity contribution in [3.63, 3.8) is 0 Å². The van der Waals surface area contributed by atoms with E-state index in [0.29, 0.717) is 6.54 Å². The molecule has 0 spiro atoms. The molecule has 1 atom stereocenters. The minimum atomic E-state index is -4.64. The SMILES string of the molecule is CC(C(=O)N(C)CCC#N)N1CCC(O)(C(F)(F)F)CC1. The lowest BCUT2D eigenvalue weighted by molar-refractivity contribution is -0.273. The van der Waals surface area contributed by atoms with Gasteiger partial charge in [-0.2, -0.15) is 18.4 Å². The number of rotatable bonds is 4. The molecule has 1 amide bonds. The number of likely N-dealkylation sites (tertiary alicyclic amines) is 1. The number of nitriles is 1. The molecular formula is C13H20F3N3O2. The molecule has 120 valence electrons. The largest absolute Gasteiger partial charge is 0.417 e. The molecule has 1 aliphatic rings. The molecule has 5 nitrogen and oxygen atoms in total. The van der Waals surface area contributed by atoms with Gasteiger partial charge in [0.25, 0.3) is 0 Å². The van der Waals surface area contributed by atoms with E-state index >= 15 is 0 Å². The first-order valence-corrected chi connectivity index (χ1v) is 6.77. The molecule has 1 aliphatic heterocycles. The number of aliphatic hydroxyl groups is 1. The third-order valence-electron chi connectivity index (χ3n) is 3.99. The fourth-order valence-corrected chi connectivity index (χ4v) is 2.37. The number of carbonyl (C=O) groups excluding carboxylic acids is 1. The van der Waals surface area contributed by atoms with Crippen LogP contribution in [0.2, 0.25) is 0 Å². The summed E-state index contributed by atoms with van der Waals surface area (Å²) in [5.74, 6) is -0.234. The second-order valence-corrected chi connectivity index (χ2v) is 5.41. The third kappa shape index (κ3) is 4.08. The van der Waals surface area contributed by atoms with E-state index in [0.717, 1.165) is 0 Å². The second-order valence-electron chi connectivity index (χ2n) is 5.41. The quantitative estimate of drug-likeness (QED) is 0.845. The van der Waals surface area contributed by atoms with Crippen LogP contribution in [-0.4, -0.2) is 65.3 Å². The first kappa shape index (κ1) is 17.7. The van der Waals surface area contributed by atoms with Crippen LogP contribution >= 0.6 is 0 Å².